The van der Waals surface area contributed by atoms with E-state index in [1.165, 1.54) is 24.0 Å². The zero-order valence-corrected chi connectivity index (χ0v) is 10.3. The second-order valence-corrected chi connectivity index (χ2v) is 5.54. The highest BCUT2D eigenvalue weighted by molar-refractivity contribution is 5.86. The molecule has 0 aromatic heterocycles. The van der Waals surface area contributed by atoms with E-state index in [-0.39, 0.29) is 5.41 Å². The van der Waals surface area contributed by atoms with Crippen LogP contribution < -0.4 is 5.32 Å². The predicted octanol–water partition coefficient (Wildman–Crippen LogP) is 2.77. The van der Waals surface area contributed by atoms with E-state index >= 15 is 0 Å². The minimum atomic E-state index is -0.0880. The van der Waals surface area contributed by atoms with Crippen molar-refractivity contribution in [2.45, 2.75) is 38.5 Å². The Balaban J connectivity index is 1.97. The van der Waals surface area contributed by atoms with Gasteiger partial charge in [0.15, 0.2) is 0 Å². The van der Waals surface area contributed by atoms with Crippen molar-refractivity contribution in [3.8, 4) is 0 Å². The molecule has 3 rings (SSSR count). The fraction of sp³-hybridized carbons (Fsp3) is 0.533. The summed E-state index contributed by atoms with van der Waals surface area (Å²) in [5.41, 5.74) is 2.53. The Labute approximate surface area is 102 Å². The summed E-state index contributed by atoms with van der Waals surface area (Å²) in [7, 11) is 0. The van der Waals surface area contributed by atoms with Crippen LogP contribution >= 0.6 is 0 Å². The van der Waals surface area contributed by atoms with Gasteiger partial charge >= 0.3 is 0 Å². The molecule has 2 fully saturated rings. The lowest BCUT2D eigenvalue weighted by Gasteiger charge is -2.28. The van der Waals surface area contributed by atoms with Gasteiger partial charge in [-0.05, 0) is 25.3 Å². The maximum atomic E-state index is 12.1. The Morgan fingerprint density at radius 2 is 1.82 bits per heavy atom. The number of rotatable bonds is 1. The predicted molar refractivity (Wildman–Crippen MR) is 67.8 cm³/mol. The summed E-state index contributed by atoms with van der Waals surface area (Å²) in [5.74, 6) is 0.679. The van der Waals surface area contributed by atoms with E-state index in [4.69, 9.17) is 0 Å². The first-order valence-corrected chi connectivity index (χ1v) is 6.57. The Hall–Kier alpha value is -1.31. The molecule has 0 bridgehead atoms. The molecular weight excluding hydrogens is 210 g/mol. The van der Waals surface area contributed by atoms with Crippen molar-refractivity contribution in [2.24, 2.45) is 5.41 Å². The molecule has 1 amide bonds. The molecule has 17 heavy (non-hydrogen) atoms. The van der Waals surface area contributed by atoms with Gasteiger partial charge < -0.3 is 5.32 Å². The van der Waals surface area contributed by atoms with Gasteiger partial charge in [-0.3, -0.25) is 4.79 Å². The molecule has 1 saturated heterocycles. The van der Waals surface area contributed by atoms with Crippen LogP contribution in [0.3, 0.4) is 0 Å². The molecule has 1 aliphatic carbocycles. The smallest absolute Gasteiger partial charge is 0.226 e. The molecule has 1 aromatic rings. The number of carbonyl (C=O) groups excluding carboxylic acids is 1. The molecule has 0 radical (unpaired) electrons. The van der Waals surface area contributed by atoms with Gasteiger partial charge in [0.1, 0.15) is 0 Å². The molecule has 2 heteroatoms. The maximum absolute atomic E-state index is 12.1. The fourth-order valence-electron chi connectivity index (χ4n) is 3.54. The number of hydrogen-bond acceptors (Lipinski definition) is 1. The van der Waals surface area contributed by atoms with Gasteiger partial charge in [0.05, 0.1) is 5.41 Å². The summed E-state index contributed by atoms with van der Waals surface area (Å²) in [6.45, 7) is 2.93. The van der Waals surface area contributed by atoms with Gasteiger partial charge in [0, 0.05) is 12.5 Å². The molecule has 1 spiro atoms. The van der Waals surface area contributed by atoms with Crippen molar-refractivity contribution in [3.05, 3.63) is 35.4 Å². The van der Waals surface area contributed by atoms with Gasteiger partial charge in [0.25, 0.3) is 0 Å². The normalized spacial score (nSPS) is 26.4. The van der Waals surface area contributed by atoms with Crippen molar-refractivity contribution < 1.29 is 4.79 Å². The van der Waals surface area contributed by atoms with Crippen LogP contribution in [0.2, 0.25) is 0 Å². The highest BCUT2D eigenvalue weighted by Crippen LogP contribution is 2.51. The molecular formula is C15H19NO. The van der Waals surface area contributed by atoms with Gasteiger partial charge in [0.2, 0.25) is 5.91 Å². The van der Waals surface area contributed by atoms with Crippen LogP contribution in [0.25, 0.3) is 0 Å². The third-order valence-corrected chi connectivity index (χ3v) is 4.56. The largest absolute Gasteiger partial charge is 0.355 e. The molecule has 2 aliphatic rings. The highest BCUT2D eigenvalue weighted by atomic mass is 16.2. The van der Waals surface area contributed by atoms with E-state index in [2.05, 4.69) is 36.5 Å². The van der Waals surface area contributed by atoms with E-state index in [0.717, 1.165) is 19.4 Å². The van der Waals surface area contributed by atoms with Crippen LogP contribution in [0.15, 0.2) is 24.3 Å². The molecule has 90 valence electrons. The second kappa shape index (κ2) is 3.86. The van der Waals surface area contributed by atoms with Crippen molar-refractivity contribution in [2.75, 3.05) is 6.54 Å². The standard InChI is InChI=1S/C15H19NO/c1-11-4-6-12(7-5-11)13-10-16-14(17)15(13)8-2-3-9-15/h4-7,13H,2-3,8-10H2,1H3,(H,16,17). The number of amides is 1. The van der Waals surface area contributed by atoms with Gasteiger partial charge in [-0.25, -0.2) is 0 Å². The molecule has 1 saturated carbocycles. The van der Waals surface area contributed by atoms with Crippen molar-refractivity contribution in [1.82, 2.24) is 5.32 Å². The van der Waals surface area contributed by atoms with Gasteiger partial charge in [-0.15, -0.1) is 0 Å². The van der Waals surface area contributed by atoms with E-state index in [1.54, 1.807) is 0 Å². The second-order valence-electron chi connectivity index (χ2n) is 5.54. The van der Waals surface area contributed by atoms with Gasteiger partial charge in [-0.1, -0.05) is 42.7 Å². The quantitative estimate of drug-likeness (QED) is 0.788. The SMILES string of the molecule is Cc1ccc(C2CNC(=O)C23CCCC3)cc1. The third-order valence-electron chi connectivity index (χ3n) is 4.56. The lowest BCUT2D eigenvalue weighted by molar-refractivity contribution is -0.127. The number of hydrogen-bond donors (Lipinski definition) is 1. The van der Waals surface area contributed by atoms with Gasteiger partial charge in [-0.2, -0.15) is 0 Å². The van der Waals surface area contributed by atoms with E-state index in [9.17, 15) is 4.79 Å². The Bertz CT molecular complexity index is 429. The monoisotopic (exact) mass is 229 g/mol. The summed E-state index contributed by atoms with van der Waals surface area (Å²) in [6.07, 6.45) is 4.54. The number of carbonyl (C=O) groups is 1. The molecule has 1 unspecified atom stereocenters. The third kappa shape index (κ3) is 1.58. The zero-order valence-electron chi connectivity index (χ0n) is 10.3. The summed E-state index contributed by atoms with van der Waals surface area (Å²) in [4.78, 5) is 12.1. The minimum Gasteiger partial charge on any atom is -0.355 e. The first-order valence-electron chi connectivity index (χ1n) is 6.57. The van der Waals surface area contributed by atoms with Crippen molar-refractivity contribution >= 4 is 5.91 Å². The average Bonchev–Trinajstić information content (AvgIpc) is 2.92. The summed E-state index contributed by atoms with van der Waals surface area (Å²) in [6, 6.07) is 8.70. The molecule has 1 aliphatic heterocycles. The Morgan fingerprint density at radius 3 is 2.47 bits per heavy atom. The first-order chi connectivity index (χ1) is 8.22. The number of nitrogens with one attached hydrogen (secondary N) is 1. The number of aryl methyl sites for hydroxylation is 1. The van der Waals surface area contributed by atoms with E-state index in [0.29, 0.717) is 11.8 Å². The lowest BCUT2D eigenvalue weighted by atomic mass is 9.72. The Kier molecular flexibility index (Phi) is 2.46. The lowest BCUT2D eigenvalue weighted by Crippen LogP contribution is -2.31. The van der Waals surface area contributed by atoms with Crippen LogP contribution in [-0.4, -0.2) is 12.5 Å². The average molecular weight is 229 g/mol. The molecule has 2 nitrogen and oxygen atoms in total. The zero-order chi connectivity index (χ0) is 11.9. The molecule has 1 heterocycles. The molecule has 1 aromatic carbocycles. The van der Waals surface area contributed by atoms with Crippen LogP contribution in [-0.2, 0) is 4.79 Å². The summed E-state index contributed by atoms with van der Waals surface area (Å²) >= 11 is 0. The topological polar surface area (TPSA) is 29.1 Å². The van der Waals surface area contributed by atoms with Crippen LogP contribution in [0.1, 0.15) is 42.7 Å². The van der Waals surface area contributed by atoms with Crippen LogP contribution in [0, 0.1) is 12.3 Å². The maximum Gasteiger partial charge on any atom is 0.226 e. The molecule has 1 atom stereocenters. The van der Waals surface area contributed by atoms with Crippen molar-refractivity contribution in [3.63, 3.8) is 0 Å². The van der Waals surface area contributed by atoms with E-state index in [1.807, 2.05) is 0 Å². The highest BCUT2D eigenvalue weighted by Gasteiger charge is 2.51. The first kappa shape index (κ1) is 10.8. The van der Waals surface area contributed by atoms with E-state index < -0.39 is 0 Å². The van der Waals surface area contributed by atoms with Crippen molar-refractivity contribution in [1.29, 1.82) is 0 Å². The van der Waals surface area contributed by atoms with Crippen LogP contribution in [0.4, 0.5) is 0 Å². The minimum absolute atomic E-state index is 0.0880. The number of benzene rings is 1. The van der Waals surface area contributed by atoms with Crippen LogP contribution in [0.5, 0.6) is 0 Å². The fourth-order valence-corrected chi connectivity index (χ4v) is 3.54. The summed E-state index contributed by atoms with van der Waals surface area (Å²) in [5, 5.41) is 3.08. The Morgan fingerprint density at radius 1 is 1.18 bits per heavy atom. The molecule has 1 N–H and O–H groups in total. The summed E-state index contributed by atoms with van der Waals surface area (Å²) < 4.78 is 0.